The van der Waals surface area contributed by atoms with Crippen LogP contribution in [-0.2, 0) is 10.0 Å². The molecule has 9 heteroatoms. The smallest absolute Gasteiger partial charge is 0.269 e. The molecule has 1 fully saturated rings. The molecular weight excluding hydrogens is 378 g/mol. The van der Waals surface area contributed by atoms with Gasteiger partial charge in [0.05, 0.1) is 9.82 Å². The lowest BCUT2D eigenvalue weighted by Crippen LogP contribution is -2.49. The van der Waals surface area contributed by atoms with Gasteiger partial charge >= 0.3 is 0 Å². The summed E-state index contributed by atoms with van der Waals surface area (Å²) >= 11 is 0. The third-order valence-electron chi connectivity index (χ3n) is 4.91. The van der Waals surface area contributed by atoms with Crippen LogP contribution in [0.5, 0.6) is 0 Å². The predicted molar refractivity (Wildman–Crippen MR) is 102 cm³/mol. The summed E-state index contributed by atoms with van der Waals surface area (Å²) < 4.78 is 26.9. The number of rotatable bonds is 5. The molecule has 0 bridgehead atoms. The molecule has 1 aliphatic carbocycles. The fourth-order valence-electron chi connectivity index (χ4n) is 3.43. The number of nitro groups is 1. The van der Waals surface area contributed by atoms with Crippen LogP contribution in [0.4, 0.5) is 5.69 Å². The Hall–Kier alpha value is -1.48. The van der Waals surface area contributed by atoms with Gasteiger partial charge in [-0.3, -0.25) is 10.1 Å². The van der Waals surface area contributed by atoms with Gasteiger partial charge in [0.15, 0.2) is 0 Å². The Labute approximate surface area is 160 Å². The van der Waals surface area contributed by atoms with Crippen LogP contribution in [0.2, 0.25) is 0 Å². The number of nitrogens with zero attached hydrogens (tertiary/aromatic N) is 3. The summed E-state index contributed by atoms with van der Waals surface area (Å²) in [5.41, 5.74) is -0.106. The van der Waals surface area contributed by atoms with Crippen molar-refractivity contribution in [3.05, 3.63) is 46.5 Å². The van der Waals surface area contributed by atoms with Gasteiger partial charge in [0, 0.05) is 44.9 Å². The van der Waals surface area contributed by atoms with Gasteiger partial charge in [0.25, 0.3) is 5.69 Å². The minimum absolute atomic E-state index is 0. The Morgan fingerprint density at radius 2 is 1.73 bits per heavy atom. The van der Waals surface area contributed by atoms with Gasteiger partial charge in [-0.1, -0.05) is 12.2 Å². The molecule has 0 amide bonds. The van der Waals surface area contributed by atoms with E-state index in [0.717, 1.165) is 32.5 Å². The second-order valence-electron chi connectivity index (χ2n) is 6.61. The number of nitro benzene ring substituents is 1. The minimum atomic E-state index is -3.59. The van der Waals surface area contributed by atoms with E-state index in [1.165, 1.54) is 35.0 Å². The third-order valence-corrected chi connectivity index (χ3v) is 6.82. The summed E-state index contributed by atoms with van der Waals surface area (Å²) in [6, 6.07) is 5.10. The van der Waals surface area contributed by atoms with Crippen LogP contribution in [0, 0.1) is 16.0 Å². The molecule has 1 saturated heterocycles. The number of hydrogen-bond acceptors (Lipinski definition) is 5. The fraction of sp³-hybridized carbons (Fsp3) is 0.529. The third kappa shape index (κ3) is 4.82. The Balaban J connectivity index is 0.00000243. The highest BCUT2D eigenvalue weighted by atomic mass is 35.5. The van der Waals surface area contributed by atoms with Gasteiger partial charge in [-0.05, 0) is 37.3 Å². The molecule has 1 heterocycles. The largest absolute Gasteiger partial charge is 0.300 e. The Morgan fingerprint density at radius 3 is 2.27 bits per heavy atom. The summed E-state index contributed by atoms with van der Waals surface area (Å²) in [7, 11) is -3.59. The normalized spacial score (nSPS) is 21.9. The van der Waals surface area contributed by atoms with E-state index in [0.29, 0.717) is 19.0 Å². The van der Waals surface area contributed by atoms with Gasteiger partial charge in [-0.25, -0.2) is 8.42 Å². The van der Waals surface area contributed by atoms with Gasteiger partial charge in [-0.2, -0.15) is 4.31 Å². The lowest BCUT2D eigenvalue weighted by atomic mass is 9.94. The summed E-state index contributed by atoms with van der Waals surface area (Å²) in [5, 5.41) is 10.7. The SMILES string of the molecule is Cl.O=[N+]([O-])c1ccc(S(=O)(=O)N2CCN(CC3CC=CCC3)CC2)cc1. The van der Waals surface area contributed by atoms with Crippen molar-refractivity contribution in [1.82, 2.24) is 9.21 Å². The zero-order valence-electron chi connectivity index (χ0n) is 14.5. The van der Waals surface area contributed by atoms with Crippen LogP contribution in [0.1, 0.15) is 19.3 Å². The van der Waals surface area contributed by atoms with Gasteiger partial charge in [-0.15, -0.1) is 12.4 Å². The first-order chi connectivity index (χ1) is 12.0. The number of piperazine rings is 1. The van der Waals surface area contributed by atoms with Crippen LogP contribution in [0.15, 0.2) is 41.3 Å². The maximum atomic E-state index is 12.7. The van der Waals surface area contributed by atoms with Crippen molar-refractivity contribution in [3.63, 3.8) is 0 Å². The molecule has 1 aromatic carbocycles. The zero-order valence-corrected chi connectivity index (χ0v) is 16.1. The van der Waals surface area contributed by atoms with E-state index in [4.69, 9.17) is 0 Å². The molecule has 1 unspecified atom stereocenters. The summed E-state index contributed by atoms with van der Waals surface area (Å²) in [4.78, 5) is 12.6. The Morgan fingerprint density at radius 1 is 1.08 bits per heavy atom. The number of halogens is 1. The van der Waals surface area contributed by atoms with Crippen molar-refractivity contribution in [2.45, 2.75) is 24.2 Å². The molecule has 2 aliphatic rings. The molecule has 0 spiro atoms. The molecule has 7 nitrogen and oxygen atoms in total. The zero-order chi connectivity index (χ0) is 17.9. The highest BCUT2D eigenvalue weighted by Crippen LogP contribution is 2.23. The van der Waals surface area contributed by atoms with E-state index in [9.17, 15) is 18.5 Å². The molecule has 1 aromatic rings. The maximum absolute atomic E-state index is 12.7. The number of allylic oxidation sites excluding steroid dienone is 2. The lowest BCUT2D eigenvalue weighted by Gasteiger charge is -2.36. The molecular formula is C17H24ClN3O4S. The minimum Gasteiger partial charge on any atom is -0.300 e. The van der Waals surface area contributed by atoms with Crippen molar-refractivity contribution < 1.29 is 13.3 Å². The predicted octanol–water partition coefficient (Wildman–Crippen LogP) is 2.68. The highest BCUT2D eigenvalue weighted by Gasteiger charge is 2.29. The van der Waals surface area contributed by atoms with E-state index < -0.39 is 14.9 Å². The quantitative estimate of drug-likeness (QED) is 0.430. The van der Waals surface area contributed by atoms with E-state index in [1.807, 2.05) is 0 Å². The van der Waals surface area contributed by atoms with Crippen LogP contribution in [0.25, 0.3) is 0 Å². The van der Waals surface area contributed by atoms with E-state index in [1.54, 1.807) is 0 Å². The first-order valence-corrected chi connectivity index (χ1v) is 10.0. The van der Waals surface area contributed by atoms with Crippen molar-refractivity contribution in [2.75, 3.05) is 32.7 Å². The van der Waals surface area contributed by atoms with Crippen molar-refractivity contribution in [3.8, 4) is 0 Å². The van der Waals surface area contributed by atoms with E-state index in [2.05, 4.69) is 17.1 Å². The lowest BCUT2D eigenvalue weighted by molar-refractivity contribution is -0.384. The molecule has 0 radical (unpaired) electrons. The molecule has 1 aliphatic heterocycles. The number of hydrogen-bond donors (Lipinski definition) is 0. The molecule has 144 valence electrons. The molecule has 26 heavy (non-hydrogen) atoms. The maximum Gasteiger partial charge on any atom is 0.269 e. The summed E-state index contributed by atoms with van der Waals surface area (Å²) in [6.07, 6.45) is 7.92. The van der Waals surface area contributed by atoms with Crippen LogP contribution in [0.3, 0.4) is 0 Å². The molecule has 1 atom stereocenters. The van der Waals surface area contributed by atoms with E-state index in [-0.39, 0.29) is 23.0 Å². The van der Waals surface area contributed by atoms with Crippen molar-refractivity contribution in [2.24, 2.45) is 5.92 Å². The monoisotopic (exact) mass is 401 g/mol. The molecule has 0 saturated carbocycles. The Kier molecular flexibility index (Phi) is 7.16. The molecule has 0 N–H and O–H groups in total. The van der Waals surface area contributed by atoms with E-state index >= 15 is 0 Å². The molecule has 0 aromatic heterocycles. The standard InChI is InChI=1S/C17H23N3O4S.ClH/c21-20(22)16-6-8-17(9-7-16)25(23,24)19-12-10-18(11-13-19)14-15-4-2-1-3-5-15;/h1-2,6-9,15H,3-5,10-14H2;1H. The summed E-state index contributed by atoms with van der Waals surface area (Å²) in [6.45, 7) is 3.40. The summed E-state index contributed by atoms with van der Waals surface area (Å²) in [5.74, 6) is 0.669. The van der Waals surface area contributed by atoms with Gasteiger partial charge in [0.2, 0.25) is 10.0 Å². The average Bonchev–Trinajstić information content (AvgIpc) is 2.63. The number of non-ortho nitro benzene ring substituents is 1. The number of benzene rings is 1. The fourth-order valence-corrected chi connectivity index (χ4v) is 4.85. The second-order valence-corrected chi connectivity index (χ2v) is 8.54. The first kappa shape index (κ1) is 20.8. The topological polar surface area (TPSA) is 83.8 Å². The van der Waals surface area contributed by atoms with Crippen LogP contribution in [-0.4, -0.2) is 55.3 Å². The van der Waals surface area contributed by atoms with Gasteiger partial charge < -0.3 is 4.90 Å². The number of sulfonamides is 1. The van der Waals surface area contributed by atoms with Gasteiger partial charge in [0.1, 0.15) is 0 Å². The Bertz CT molecular complexity index is 744. The highest BCUT2D eigenvalue weighted by molar-refractivity contribution is 7.89. The van der Waals surface area contributed by atoms with Crippen molar-refractivity contribution >= 4 is 28.1 Å². The first-order valence-electron chi connectivity index (χ1n) is 8.59. The average molecular weight is 402 g/mol. The van der Waals surface area contributed by atoms with Crippen molar-refractivity contribution in [1.29, 1.82) is 0 Å². The molecule has 3 rings (SSSR count). The van der Waals surface area contributed by atoms with Crippen LogP contribution < -0.4 is 0 Å². The second kappa shape index (κ2) is 8.94. The van der Waals surface area contributed by atoms with Crippen LogP contribution >= 0.6 is 12.4 Å².